The summed E-state index contributed by atoms with van der Waals surface area (Å²) < 4.78 is 0. The number of hydrogen-bond acceptors (Lipinski definition) is 3. The van der Waals surface area contributed by atoms with Crippen molar-refractivity contribution in [2.24, 2.45) is 0 Å². The maximum atomic E-state index is 12.4. The maximum absolute atomic E-state index is 12.4. The summed E-state index contributed by atoms with van der Waals surface area (Å²) in [5, 5.41) is 6.41. The van der Waals surface area contributed by atoms with E-state index in [1.54, 1.807) is 24.3 Å². The molecular formula is C17H24N2O2S. The zero-order valence-corrected chi connectivity index (χ0v) is 14.0. The third-order valence-electron chi connectivity index (χ3n) is 3.87. The molecule has 0 unspecified atom stereocenters. The number of carbonyl (C=O) groups excluding carboxylic acids is 2. The van der Waals surface area contributed by atoms with E-state index in [-0.39, 0.29) is 17.9 Å². The zero-order valence-electron chi connectivity index (χ0n) is 13.2. The highest BCUT2D eigenvalue weighted by Crippen LogP contribution is 2.28. The summed E-state index contributed by atoms with van der Waals surface area (Å²) >= 11 is 1.94. The van der Waals surface area contributed by atoms with Gasteiger partial charge in [0.2, 0.25) is 5.91 Å². The van der Waals surface area contributed by atoms with Crippen molar-refractivity contribution < 1.29 is 9.59 Å². The number of anilines is 1. The fourth-order valence-corrected chi connectivity index (χ4v) is 4.03. The fraction of sp³-hybridized carbons (Fsp3) is 0.529. The molecule has 1 saturated carbocycles. The monoisotopic (exact) mass is 320 g/mol. The summed E-state index contributed by atoms with van der Waals surface area (Å²) in [5.74, 6) is 0.949. The molecule has 0 heterocycles. The molecule has 0 aliphatic heterocycles. The first-order valence-electron chi connectivity index (χ1n) is 7.90. The quantitative estimate of drug-likeness (QED) is 0.874. The minimum absolute atomic E-state index is 0.0250. The highest BCUT2D eigenvalue weighted by molar-refractivity contribution is 7.99. The summed E-state index contributed by atoms with van der Waals surface area (Å²) in [6, 6.07) is 7.29. The van der Waals surface area contributed by atoms with Crippen molar-refractivity contribution in [1.82, 2.24) is 5.32 Å². The van der Waals surface area contributed by atoms with E-state index in [1.807, 2.05) is 11.8 Å². The second kappa shape index (κ2) is 8.22. The Labute approximate surface area is 136 Å². The van der Waals surface area contributed by atoms with Gasteiger partial charge in [-0.25, -0.2) is 0 Å². The van der Waals surface area contributed by atoms with Crippen LogP contribution in [0.25, 0.3) is 0 Å². The van der Waals surface area contributed by atoms with Crippen LogP contribution in [0, 0.1) is 0 Å². The molecule has 1 aliphatic carbocycles. The van der Waals surface area contributed by atoms with Gasteiger partial charge in [-0.3, -0.25) is 9.59 Å². The van der Waals surface area contributed by atoms with Gasteiger partial charge in [0.25, 0.3) is 5.91 Å². The van der Waals surface area contributed by atoms with Gasteiger partial charge in [0.05, 0.1) is 0 Å². The molecule has 22 heavy (non-hydrogen) atoms. The van der Waals surface area contributed by atoms with Crippen LogP contribution in [0.1, 0.15) is 49.9 Å². The third-order valence-corrected chi connectivity index (χ3v) is 5.19. The number of hydrogen-bond donors (Lipinski definition) is 2. The highest BCUT2D eigenvalue weighted by Gasteiger charge is 2.26. The second-order valence-corrected chi connectivity index (χ2v) is 7.13. The van der Waals surface area contributed by atoms with Crippen LogP contribution in [-0.2, 0) is 4.79 Å². The van der Waals surface area contributed by atoms with E-state index in [2.05, 4.69) is 17.6 Å². The van der Waals surface area contributed by atoms with Gasteiger partial charge in [0.1, 0.15) is 0 Å². The number of thioether (sulfide) groups is 1. The molecule has 2 amide bonds. The van der Waals surface area contributed by atoms with Gasteiger partial charge in [-0.15, -0.1) is 0 Å². The maximum Gasteiger partial charge on any atom is 0.251 e. The molecule has 1 aliphatic rings. The van der Waals surface area contributed by atoms with Gasteiger partial charge in [-0.05, 0) is 42.9 Å². The first kappa shape index (κ1) is 16.9. The smallest absolute Gasteiger partial charge is 0.251 e. The summed E-state index contributed by atoms with van der Waals surface area (Å²) in [4.78, 5) is 23.4. The molecule has 2 N–H and O–H groups in total. The summed E-state index contributed by atoms with van der Waals surface area (Å²) in [6.07, 6.45) is 4.70. The summed E-state index contributed by atoms with van der Waals surface area (Å²) in [7, 11) is 0. The Bertz CT molecular complexity index is 514. The molecular weight excluding hydrogens is 296 g/mol. The van der Waals surface area contributed by atoms with Crippen LogP contribution < -0.4 is 10.6 Å². The second-order valence-electron chi connectivity index (χ2n) is 5.62. The Morgan fingerprint density at radius 2 is 1.86 bits per heavy atom. The minimum atomic E-state index is -0.112. The van der Waals surface area contributed by atoms with Crippen LogP contribution >= 0.6 is 11.8 Å². The van der Waals surface area contributed by atoms with E-state index in [4.69, 9.17) is 0 Å². The summed E-state index contributed by atoms with van der Waals surface area (Å²) in [5.41, 5.74) is 1.35. The van der Waals surface area contributed by atoms with Crippen molar-refractivity contribution in [3.05, 3.63) is 29.8 Å². The lowest BCUT2D eigenvalue weighted by Crippen LogP contribution is -2.43. The molecule has 1 aromatic carbocycles. The molecule has 0 radical (unpaired) electrons. The lowest BCUT2D eigenvalue weighted by atomic mass is 9.94. The van der Waals surface area contributed by atoms with Gasteiger partial charge in [-0.1, -0.05) is 19.8 Å². The van der Waals surface area contributed by atoms with Gasteiger partial charge in [-0.2, -0.15) is 11.8 Å². The van der Waals surface area contributed by atoms with Crippen molar-refractivity contribution in [2.45, 2.75) is 50.8 Å². The van der Waals surface area contributed by atoms with Crippen molar-refractivity contribution in [1.29, 1.82) is 0 Å². The van der Waals surface area contributed by atoms with E-state index >= 15 is 0 Å². The van der Waals surface area contributed by atoms with Gasteiger partial charge >= 0.3 is 0 Å². The topological polar surface area (TPSA) is 58.2 Å². The van der Waals surface area contributed by atoms with Crippen LogP contribution in [0.5, 0.6) is 0 Å². The van der Waals surface area contributed by atoms with E-state index in [9.17, 15) is 9.59 Å². The standard InChI is InChI=1S/C17H24N2O2S/c1-3-22-16-7-5-4-6-15(16)19-17(21)13-8-10-14(11-9-13)18-12(2)20/h8-11,15-16H,3-7H2,1-2H3,(H,18,20)(H,19,21)/t15-,16+/m0/s1. The van der Waals surface area contributed by atoms with Gasteiger partial charge < -0.3 is 10.6 Å². The summed E-state index contributed by atoms with van der Waals surface area (Å²) in [6.45, 7) is 3.63. The SMILES string of the molecule is CCS[C@@H]1CCCC[C@@H]1NC(=O)c1ccc(NC(C)=O)cc1. The molecule has 0 bridgehead atoms. The molecule has 0 spiro atoms. The first-order valence-corrected chi connectivity index (χ1v) is 8.95. The lowest BCUT2D eigenvalue weighted by molar-refractivity contribution is -0.114. The fourth-order valence-electron chi connectivity index (χ4n) is 2.84. The molecule has 4 nitrogen and oxygen atoms in total. The van der Waals surface area contributed by atoms with E-state index in [0.717, 1.165) is 12.2 Å². The molecule has 1 aromatic rings. The van der Waals surface area contributed by atoms with Crippen LogP contribution in [-0.4, -0.2) is 28.9 Å². The Morgan fingerprint density at radius 3 is 2.50 bits per heavy atom. The van der Waals surface area contributed by atoms with E-state index < -0.39 is 0 Å². The number of benzene rings is 1. The van der Waals surface area contributed by atoms with Gasteiger partial charge in [0.15, 0.2) is 0 Å². The molecule has 120 valence electrons. The highest BCUT2D eigenvalue weighted by atomic mass is 32.2. The molecule has 0 saturated heterocycles. The molecule has 2 atom stereocenters. The zero-order chi connectivity index (χ0) is 15.9. The van der Waals surface area contributed by atoms with Crippen molar-refractivity contribution in [2.75, 3.05) is 11.1 Å². The Balaban J connectivity index is 1.97. The van der Waals surface area contributed by atoms with Crippen LogP contribution in [0.4, 0.5) is 5.69 Å². The molecule has 1 fully saturated rings. The first-order chi connectivity index (χ1) is 10.6. The van der Waals surface area contributed by atoms with Crippen molar-refractivity contribution in [3.63, 3.8) is 0 Å². The van der Waals surface area contributed by atoms with Crippen LogP contribution in [0.3, 0.4) is 0 Å². The predicted molar refractivity (Wildman–Crippen MR) is 92.4 cm³/mol. The van der Waals surface area contributed by atoms with Gasteiger partial charge in [0, 0.05) is 29.5 Å². The molecule has 0 aromatic heterocycles. The van der Waals surface area contributed by atoms with E-state index in [0.29, 0.717) is 16.5 Å². The molecule has 2 rings (SSSR count). The lowest BCUT2D eigenvalue weighted by Gasteiger charge is -2.31. The minimum Gasteiger partial charge on any atom is -0.348 e. The number of carbonyl (C=O) groups is 2. The third kappa shape index (κ3) is 4.77. The predicted octanol–water partition coefficient (Wildman–Crippen LogP) is 3.44. The average Bonchev–Trinajstić information content (AvgIpc) is 2.49. The van der Waals surface area contributed by atoms with E-state index in [1.165, 1.54) is 26.2 Å². The van der Waals surface area contributed by atoms with Crippen LogP contribution in [0.15, 0.2) is 24.3 Å². The number of amides is 2. The Hall–Kier alpha value is -1.49. The largest absolute Gasteiger partial charge is 0.348 e. The number of rotatable bonds is 5. The Morgan fingerprint density at radius 1 is 1.18 bits per heavy atom. The molecule has 5 heteroatoms. The number of nitrogens with one attached hydrogen (secondary N) is 2. The Kier molecular flexibility index (Phi) is 6.31. The van der Waals surface area contributed by atoms with Crippen LogP contribution in [0.2, 0.25) is 0 Å². The van der Waals surface area contributed by atoms with Crippen molar-refractivity contribution in [3.8, 4) is 0 Å². The van der Waals surface area contributed by atoms with Crippen molar-refractivity contribution >= 4 is 29.3 Å². The average molecular weight is 320 g/mol. The normalized spacial score (nSPS) is 21.2.